The first-order valence-electron chi connectivity index (χ1n) is 8.49. The summed E-state index contributed by atoms with van der Waals surface area (Å²) in [6.07, 6.45) is 0. The minimum Gasteiger partial charge on any atom is -0.300 e. The van der Waals surface area contributed by atoms with Crippen LogP contribution in [0.2, 0.25) is 0 Å². The third-order valence-electron chi connectivity index (χ3n) is 4.44. The van der Waals surface area contributed by atoms with Gasteiger partial charge in [0.05, 0.1) is 6.54 Å². The molecule has 0 saturated carbocycles. The Bertz CT molecular complexity index is 1220. The molecule has 0 unspecified atom stereocenters. The van der Waals surface area contributed by atoms with Crippen molar-refractivity contribution in [3.63, 3.8) is 0 Å². The SMILES string of the molecule is Cn1c(=O)c2nc(Sc3ccccc3)n(Cc3ccccc3)c2n(C)c1=O. The summed E-state index contributed by atoms with van der Waals surface area (Å²) in [5.74, 6) is 0. The Morgan fingerprint density at radius 1 is 0.889 bits per heavy atom. The van der Waals surface area contributed by atoms with Crippen molar-refractivity contribution < 1.29 is 0 Å². The molecule has 0 aliphatic heterocycles. The highest BCUT2D eigenvalue weighted by Crippen LogP contribution is 2.29. The monoisotopic (exact) mass is 378 g/mol. The van der Waals surface area contributed by atoms with Gasteiger partial charge >= 0.3 is 5.69 Å². The van der Waals surface area contributed by atoms with Crippen molar-refractivity contribution in [2.45, 2.75) is 16.6 Å². The van der Waals surface area contributed by atoms with E-state index < -0.39 is 0 Å². The van der Waals surface area contributed by atoms with Gasteiger partial charge in [0.15, 0.2) is 16.3 Å². The molecule has 2 aromatic heterocycles. The van der Waals surface area contributed by atoms with Gasteiger partial charge in [-0.1, -0.05) is 60.3 Å². The Balaban J connectivity index is 1.97. The molecule has 136 valence electrons. The summed E-state index contributed by atoms with van der Waals surface area (Å²) in [6.45, 7) is 0.521. The summed E-state index contributed by atoms with van der Waals surface area (Å²) in [4.78, 5) is 30.7. The topological polar surface area (TPSA) is 61.8 Å². The van der Waals surface area contributed by atoms with Crippen LogP contribution in [0.1, 0.15) is 5.56 Å². The number of aromatic nitrogens is 4. The quantitative estimate of drug-likeness (QED) is 0.548. The normalized spacial score (nSPS) is 11.2. The van der Waals surface area contributed by atoms with Crippen LogP contribution >= 0.6 is 11.8 Å². The Labute approximate surface area is 159 Å². The zero-order valence-corrected chi connectivity index (χ0v) is 15.8. The molecule has 4 rings (SSSR count). The highest BCUT2D eigenvalue weighted by molar-refractivity contribution is 7.99. The Morgan fingerprint density at radius 2 is 1.52 bits per heavy atom. The molecule has 0 bridgehead atoms. The smallest absolute Gasteiger partial charge is 0.300 e. The zero-order valence-electron chi connectivity index (χ0n) is 15.0. The average molecular weight is 378 g/mol. The zero-order chi connectivity index (χ0) is 19.0. The van der Waals surface area contributed by atoms with Crippen LogP contribution in [-0.2, 0) is 20.6 Å². The molecule has 0 N–H and O–H groups in total. The fourth-order valence-electron chi connectivity index (χ4n) is 3.05. The van der Waals surface area contributed by atoms with Gasteiger partial charge in [-0.15, -0.1) is 0 Å². The maximum Gasteiger partial charge on any atom is 0.332 e. The maximum atomic E-state index is 12.6. The number of rotatable bonds is 4. The van der Waals surface area contributed by atoms with E-state index in [1.165, 1.54) is 23.4 Å². The van der Waals surface area contributed by atoms with Gasteiger partial charge in [-0.2, -0.15) is 0 Å². The highest BCUT2D eigenvalue weighted by Gasteiger charge is 2.19. The third-order valence-corrected chi connectivity index (χ3v) is 5.44. The van der Waals surface area contributed by atoms with Crippen molar-refractivity contribution in [3.8, 4) is 0 Å². The second kappa shape index (κ2) is 6.92. The predicted molar refractivity (Wildman–Crippen MR) is 106 cm³/mol. The van der Waals surface area contributed by atoms with Gasteiger partial charge in [0, 0.05) is 19.0 Å². The molecular formula is C20H18N4O2S. The molecule has 0 aliphatic carbocycles. The van der Waals surface area contributed by atoms with Gasteiger partial charge in [-0.05, 0) is 17.7 Å². The number of hydrogen-bond donors (Lipinski definition) is 0. The van der Waals surface area contributed by atoms with E-state index in [0.29, 0.717) is 22.9 Å². The molecule has 27 heavy (non-hydrogen) atoms. The lowest BCUT2D eigenvalue weighted by Crippen LogP contribution is -2.37. The summed E-state index contributed by atoms with van der Waals surface area (Å²) in [5.41, 5.74) is 1.16. The number of nitrogens with zero attached hydrogens (tertiary/aromatic N) is 4. The molecule has 0 fully saturated rings. The second-order valence-electron chi connectivity index (χ2n) is 6.26. The van der Waals surface area contributed by atoms with E-state index in [9.17, 15) is 9.59 Å². The van der Waals surface area contributed by atoms with Crippen LogP contribution < -0.4 is 11.2 Å². The van der Waals surface area contributed by atoms with E-state index in [-0.39, 0.29) is 11.2 Å². The summed E-state index contributed by atoms with van der Waals surface area (Å²) in [7, 11) is 3.15. The van der Waals surface area contributed by atoms with Gasteiger partial charge in [0.1, 0.15) is 0 Å². The lowest BCUT2D eigenvalue weighted by molar-refractivity contribution is 0.668. The molecule has 0 aliphatic rings. The van der Waals surface area contributed by atoms with E-state index in [4.69, 9.17) is 0 Å². The largest absolute Gasteiger partial charge is 0.332 e. The number of fused-ring (bicyclic) bond motifs is 1. The van der Waals surface area contributed by atoms with E-state index >= 15 is 0 Å². The van der Waals surface area contributed by atoms with Crippen LogP contribution in [0.4, 0.5) is 0 Å². The summed E-state index contributed by atoms with van der Waals surface area (Å²) < 4.78 is 4.52. The molecule has 0 atom stereocenters. The fourth-order valence-corrected chi connectivity index (χ4v) is 3.95. The van der Waals surface area contributed by atoms with Crippen molar-refractivity contribution in [1.82, 2.24) is 18.7 Å². The Hall–Kier alpha value is -3.06. The van der Waals surface area contributed by atoms with E-state index in [0.717, 1.165) is 15.0 Å². The first-order valence-corrected chi connectivity index (χ1v) is 9.31. The number of aryl methyl sites for hydroxylation is 1. The molecular weight excluding hydrogens is 360 g/mol. The Morgan fingerprint density at radius 3 is 2.19 bits per heavy atom. The predicted octanol–water partition coefficient (Wildman–Crippen LogP) is 2.63. The van der Waals surface area contributed by atoms with Crippen LogP contribution in [0.25, 0.3) is 11.2 Å². The van der Waals surface area contributed by atoms with Crippen molar-refractivity contribution >= 4 is 22.9 Å². The number of hydrogen-bond acceptors (Lipinski definition) is 4. The standard InChI is InChI=1S/C20H18N4O2S/c1-22-17-16(18(25)23(2)20(22)26)21-19(27-15-11-7-4-8-12-15)24(17)13-14-9-5-3-6-10-14/h3-12H,13H2,1-2H3. The van der Waals surface area contributed by atoms with Crippen molar-refractivity contribution in [2.75, 3.05) is 0 Å². The van der Waals surface area contributed by atoms with Crippen LogP contribution in [0.15, 0.2) is 80.3 Å². The van der Waals surface area contributed by atoms with Crippen LogP contribution in [0, 0.1) is 0 Å². The minimum atomic E-state index is -0.380. The molecule has 2 heterocycles. The lowest BCUT2D eigenvalue weighted by atomic mass is 10.2. The second-order valence-corrected chi connectivity index (χ2v) is 7.30. The number of benzene rings is 2. The van der Waals surface area contributed by atoms with Gasteiger partial charge in [-0.3, -0.25) is 18.5 Å². The van der Waals surface area contributed by atoms with E-state index in [1.807, 2.05) is 65.2 Å². The molecule has 6 nitrogen and oxygen atoms in total. The first kappa shape index (κ1) is 17.4. The average Bonchev–Trinajstić information content (AvgIpc) is 3.04. The molecule has 4 aromatic rings. The van der Waals surface area contributed by atoms with Crippen LogP contribution in [-0.4, -0.2) is 18.7 Å². The molecule has 0 spiro atoms. The summed E-state index contributed by atoms with van der Waals surface area (Å²) >= 11 is 1.48. The van der Waals surface area contributed by atoms with E-state index in [1.54, 1.807) is 7.05 Å². The highest BCUT2D eigenvalue weighted by atomic mass is 32.2. The van der Waals surface area contributed by atoms with Gasteiger partial charge in [0.2, 0.25) is 0 Å². The molecule has 0 radical (unpaired) electrons. The third kappa shape index (κ3) is 3.10. The van der Waals surface area contributed by atoms with E-state index in [2.05, 4.69) is 4.98 Å². The molecule has 2 aromatic carbocycles. The summed E-state index contributed by atoms with van der Waals surface area (Å²) in [5, 5.41) is 0.679. The Kier molecular flexibility index (Phi) is 4.45. The van der Waals surface area contributed by atoms with Crippen LogP contribution in [0.5, 0.6) is 0 Å². The maximum absolute atomic E-state index is 12.6. The molecule has 7 heteroatoms. The fraction of sp³-hybridized carbons (Fsp3) is 0.150. The minimum absolute atomic E-state index is 0.300. The molecule has 0 saturated heterocycles. The van der Waals surface area contributed by atoms with Crippen molar-refractivity contribution in [2.24, 2.45) is 14.1 Å². The van der Waals surface area contributed by atoms with Gasteiger partial charge < -0.3 is 0 Å². The van der Waals surface area contributed by atoms with Gasteiger partial charge in [-0.25, -0.2) is 9.78 Å². The summed E-state index contributed by atoms with van der Waals surface area (Å²) in [6, 6.07) is 19.8. The number of imidazole rings is 1. The van der Waals surface area contributed by atoms with Gasteiger partial charge in [0.25, 0.3) is 5.56 Å². The van der Waals surface area contributed by atoms with Crippen molar-refractivity contribution in [3.05, 3.63) is 87.1 Å². The first-order chi connectivity index (χ1) is 13.1. The molecule has 0 amide bonds. The lowest BCUT2D eigenvalue weighted by Gasteiger charge is -2.11. The van der Waals surface area contributed by atoms with Crippen molar-refractivity contribution in [1.29, 1.82) is 0 Å². The van der Waals surface area contributed by atoms with Crippen LogP contribution in [0.3, 0.4) is 0 Å².